The first-order valence-electron chi connectivity index (χ1n) is 16.1. The van der Waals surface area contributed by atoms with Crippen LogP contribution >= 0.6 is 0 Å². The number of carbonyl (C=O) groups is 2. The van der Waals surface area contributed by atoms with Gasteiger partial charge in [0.25, 0.3) is 0 Å². The number of rotatable bonds is 11. The largest absolute Gasteiger partial charge is 0.394 e. The number of ether oxygens (including phenoxy) is 8. The third-order valence-electron chi connectivity index (χ3n) is 9.02. The van der Waals surface area contributed by atoms with Gasteiger partial charge in [0, 0.05) is 27.4 Å². The number of amides is 2. The van der Waals surface area contributed by atoms with Gasteiger partial charge in [-0.2, -0.15) is 0 Å². The van der Waals surface area contributed by atoms with Crippen molar-refractivity contribution in [2.24, 2.45) is 0 Å². The summed E-state index contributed by atoms with van der Waals surface area (Å²) >= 11 is 0. The highest BCUT2D eigenvalue weighted by Crippen LogP contribution is 2.35. The lowest BCUT2D eigenvalue weighted by atomic mass is 9.93. The summed E-state index contributed by atoms with van der Waals surface area (Å²) in [4.78, 5) is 24.8. The molecule has 0 spiro atoms. The Bertz CT molecular complexity index is 1090. The first kappa shape index (κ1) is 40.1. The van der Waals surface area contributed by atoms with Crippen molar-refractivity contribution >= 4 is 11.8 Å². The smallest absolute Gasteiger partial charge is 0.217 e. The standard InChI is InChI=1S/C29H50N2O18/c1-9-13(36)6-14(37)26(43-9)48-24-17(30-11(3)34)28(45-15(7-32)20(24)39)47-23-16(8-33)46-27(42-5)18(31-12(4)35)25(23)49-29-22(41)21(40)19(38)10(2)44-29/h9-10,13-29,32-33,36-41H,6-8H2,1-5H3,(H,30,34)(H,31,35)/t9-,10+,13+,14+,15-,16-,17-,18-,19-,20+,21-,22+,23-,24-,25-,26+,27-,28+,29+/m1/s1. The Kier molecular flexibility index (Phi) is 14.1. The molecule has 0 aromatic rings. The molecule has 2 amide bonds. The molecular weight excluding hydrogens is 664 g/mol. The lowest BCUT2D eigenvalue weighted by Crippen LogP contribution is -2.71. The summed E-state index contributed by atoms with van der Waals surface area (Å²) in [6.07, 6.45) is -23.9. The normalized spacial score (nSPS) is 47.7. The van der Waals surface area contributed by atoms with Crippen LogP contribution in [0.4, 0.5) is 0 Å². The van der Waals surface area contributed by atoms with E-state index in [4.69, 9.17) is 37.9 Å². The summed E-state index contributed by atoms with van der Waals surface area (Å²) in [5.74, 6) is -1.21. The Morgan fingerprint density at radius 2 is 1.14 bits per heavy atom. The van der Waals surface area contributed by atoms with E-state index in [9.17, 15) is 50.4 Å². The van der Waals surface area contributed by atoms with Gasteiger partial charge in [-0.1, -0.05) is 0 Å². The van der Waals surface area contributed by atoms with Gasteiger partial charge in [-0.05, 0) is 13.8 Å². The summed E-state index contributed by atoms with van der Waals surface area (Å²) in [5.41, 5.74) is 0. The molecule has 20 nitrogen and oxygen atoms in total. The molecule has 4 aliphatic heterocycles. The Labute approximate surface area is 282 Å². The zero-order chi connectivity index (χ0) is 36.3. The highest BCUT2D eigenvalue weighted by Gasteiger charge is 2.56. The van der Waals surface area contributed by atoms with Crippen molar-refractivity contribution in [2.45, 2.75) is 151 Å². The Morgan fingerprint density at radius 1 is 0.612 bits per heavy atom. The van der Waals surface area contributed by atoms with Crippen molar-refractivity contribution < 1.29 is 88.3 Å². The summed E-state index contributed by atoms with van der Waals surface area (Å²) in [6, 6.07) is -2.64. The molecule has 0 saturated carbocycles. The molecule has 0 radical (unpaired) electrons. The molecule has 49 heavy (non-hydrogen) atoms. The van der Waals surface area contributed by atoms with Crippen LogP contribution in [0.25, 0.3) is 0 Å². The predicted molar refractivity (Wildman–Crippen MR) is 158 cm³/mol. The molecule has 4 heterocycles. The van der Waals surface area contributed by atoms with E-state index in [1.807, 2.05) is 0 Å². The lowest BCUT2D eigenvalue weighted by molar-refractivity contribution is -0.371. The fourth-order valence-electron chi connectivity index (χ4n) is 6.36. The molecule has 0 aromatic heterocycles. The first-order chi connectivity index (χ1) is 23.1. The van der Waals surface area contributed by atoms with Crippen molar-refractivity contribution in [3.8, 4) is 0 Å². The zero-order valence-electron chi connectivity index (χ0n) is 27.8. The van der Waals surface area contributed by atoms with Gasteiger partial charge < -0.3 is 89.4 Å². The number of nitrogens with one attached hydrogen (secondary N) is 2. The van der Waals surface area contributed by atoms with Gasteiger partial charge in [-0.3, -0.25) is 9.59 Å². The minimum absolute atomic E-state index is 0.124. The summed E-state index contributed by atoms with van der Waals surface area (Å²) in [5, 5.41) is 89.1. The molecular formula is C29H50N2O18. The van der Waals surface area contributed by atoms with Crippen LogP contribution < -0.4 is 10.6 Å². The fourth-order valence-corrected chi connectivity index (χ4v) is 6.36. The van der Waals surface area contributed by atoms with E-state index >= 15 is 0 Å². The molecule has 4 fully saturated rings. The van der Waals surface area contributed by atoms with Gasteiger partial charge in [0.15, 0.2) is 25.2 Å². The summed E-state index contributed by atoms with van der Waals surface area (Å²) < 4.78 is 46.9. The monoisotopic (exact) mass is 714 g/mol. The third kappa shape index (κ3) is 9.03. The van der Waals surface area contributed by atoms with E-state index in [-0.39, 0.29) is 6.42 Å². The van der Waals surface area contributed by atoms with E-state index in [0.29, 0.717) is 0 Å². The van der Waals surface area contributed by atoms with E-state index in [1.165, 1.54) is 21.0 Å². The fraction of sp³-hybridized carbons (Fsp3) is 0.931. The van der Waals surface area contributed by atoms with Crippen molar-refractivity contribution in [3.63, 3.8) is 0 Å². The molecule has 0 unspecified atom stereocenters. The Morgan fingerprint density at radius 3 is 1.71 bits per heavy atom. The van der Waals surface area contributed by atoms with Crippen LogP contribution in [-0.4, -0.2) is 190 Å². The molecule has 0 aromatic carbocycles. The van der Waals surface area contributed by atoms with Crippen molar-refractivity contribution in [1.82, 2.24) is 10.6 Å². The van der Waals surface area contributed by atoms with E-state index < -0.39 is 142 Å². The van der Waals surface area contributed by atoms with E-state index in [1.54, 1.807) is 6.92 Å². The second-order valence-corrected chi connectivity index (χ2v) is 12.7. The highest BCUT2D eigenvalue weighted by atomic mass is 16.8. The van der Waals surface area contributed by atoms with Crippen LogP contribution in [0.15, 0.2) is 0 Å². The molecule has 10 N–H and O–H groups in total. The molecule has 4 aliphatic rings. The Balaban J connectivity index is 1.72. The van der Waals surface area contributed by atoms with Gasteiger partial charge >= 0.3 is 0 Å². The molecule has 20 heteroatoms. The molecule has 0 aliphatic carbocycles. The maximum Gasteiger partial charge on any atom is 0.217 e. The van der Waals surface area contributed by atoms with Crippen LogP contribution in [0.5, 0.6) is 0 Å². The lowest BCUT2D eigenvalue weighted by Gasteiger charge is -2.51. The Hall–Kier alpha value is -1.70. The first-order valence-corrected chi connectivity index (χ1v) is 16.1. The van der Waals surface area contributed by atoms with Crippen molar-refractivity contribution in [3.05, 3.63) is 0 Å². The van der Waals surface area contributed by atoms with Gasteiger partial charge in [0.2, 0.25) is 11.8 Å². The molecule has 284 valence electrons. The SMILES string of the molecule is CO[C@@H]1O[C@H](CO)[C@@H](O[C@@H]2O[C@H](CO)[C@H](O)[C@H](O[C@@H]3O[C@H](C)[C@@H](O)C[C@@H]3O)[C@H]2NC(C)=O)[C@H](O[C@@H]2O[C@@H](C)[C@@H](O)[C@@H](O)[C@@H]2O)[C@H]1NC(C)=O. The average Bonchev–Trinajstić information content (AvgIpc) is 3.04. The van der Waals surface area contributed by atoms with Crippen LogP contribution in [0, 0.1) is 0 Å². The molecule has 0 bridgehead atoms. The molecule has 4 rings (SSSR count). The number of hydrogen-bond acceptors (Lipinski definition) is 18. The summed E-state index contributed by atoms with van der Waals surface area (Å²) in [6.45, 7) is 3.81. The summed E-state index contributed by atoms with van der Waals surface area (Å²) in [7, 11) is 1.26. The quantitative estimate of drug-likeness (QED) is 0.0954. The van der Waals surface area contributed by atoms with Gasteiger partial charge in [0.1, 0.15) is 73.1 Å². The predicted octanol–water partition coefficient (Wildman–Crippen LogP) is -5.72. The second kappa shape index (κ2) is 17.2. The molecule has 19 atom stereocenters. The number of aliphatic hydroxyl groups is 8. The van der Waals surface area contributed by atoms with Crippen LogP contribution in [0.3, 0.4) is 0 Å². The number of hydrogen-bond donors (Lipinski definition) is 10. The maximum atomic E-state index is 12.5. The number of aliphatic hydroxyl groups excluding tert-OH is 8. The molecule has 4 saturated heterocycles. The zero-order valence-corrected chi connectivity index (χ0v) is 27.8. The number of methoxy groups -OCH3 is 1. The van der Waals surface area contributed by atoms with Gasteiger partial charge in [0.05, 0.1) is 31.5 Å². The topological polar surface area (TPSA) is 294 Å². The number of carbonyl (C=O) groups excluding carboxylic acids is 2. The van der Waals surface area contributed by atoms with Crippen molar-refractivity contribution in [2.75, 3.05) is 20.3 Å². The van der Waals surface area contributed by atoms with Crippen molar-refractivity contribution in [1.29, 1.82) is 0 Å². The average molecular weight is 715 g/mol. The van der Waals surface area contributed by atoms with Gasteiger partial charge in [-0.15, -0.1) is 0 Å². The van der Waals surface area contributed by atoms with Gasteiger partial charge in [-0.25, -0.2) is 0 Å². The van der Waals surface area contributed by atoms with Crippen LogP contribution in [-0.2, 0) is 47.5 Å². The minimum atomic E-state index is -1.80. The van der Waals surface area contributed by atoms with Crippen LogP contribution in [0.1, 0.15) is 34.1 Å². The second-order valence-electron chi connectivity index (χ2n) is 12.7. The van der Waals surface area contributed by atoms with E-state index in [2.05, 4.69) is 10.6 Å². The van der Waals surface area contributed by atoms with Crippen LogP contribution in [0.2, 0.25) is 0 Å². The highest BCUT2D eigenvalue weighted by molar-refractivity contribution is 5.73. The third-order valence-corrected chi connectivity index (χ3v) is 9.02. The van der Waals surface area contributed by atoms with E-state index in [0.717, 1.165) is 6.92 Å². The minimum Gasteiger partial charge on any atom is -0.394 e. The maximum absolute atomic E-state index is 12.5.